The molecule has 0 aliphatic heterocycles. The van der Waals surface area contributed by atoms with Gasteiger partial charge in [-0.15, -0.1) is 0 Å². The molecule has 0 aliphatic carbocycles. The van der Waals surface area contributed by atoms with E-state index in [-0.39, 0.29) is 12.5 Å². The molecule has 0 amide bonds. The molecule has 4 nitrogen and oxygen atoms in total. The summed E-state index contributed by atoms with van der Waals surface area (Å²) in [5.41, 5.74) is 0. The number of nitrogens with one attached hydrogen (secondary N) is 1. The standard InChI is InChI=1S/C12H21F3N4/c1-3-7-19-11(17-9-18-19)8-10(16-4-2)5-6-12(13,14)15/h9-10,16H,3-8H2,1-2H3. The van der Waals surface area contributed by atoms with Gasteiger partial charge in [-0.1, -0.05) is 13.8 Å². The van der Waals surface area contributed by atoms with Crippen LogP contribution in [-0.4, -0.2) is 33.5 Å². The van der Waals surface area contributed by atoms with Gasteiger partial charge in [0.15, 0.2) is 0 Å². The summed E-state index contributed by atoms with van der Waals surface area (Å²) in [5, 5.41) is 7.17. The number of halogens is 3. The molecule has 1 rings (SSSR count). The average molecular weight is 278 g/mol. The Kier molecular flexibility index (Phi) is 6.27. The van der Waals surface area contributed by atoms with Crippen molar-refractivity contribution in [1.29, 1.82) is 0 Å². The van der Waals surface area contributed by atoms with Gasteiger partial charge >= 0.3 is 6.18 Å². The molecule has 1 heterocycles. The van der Waals surface area contributed by atoms with Crippen LogP contribution in [0.4, 0.5) is 13.2 Å². The largest absolute Gasteiger partial charge is 0.389 e. The lowest BCUT2D eigenvalue weighted by atomic mass is 10.1. The Bertz CT molecular complexity index is 362. The number of alkyl halides is 3. The van der Waals surface area contributed by atoms with Crippen molar-refractivity contribution in [2.45, 2.75) is 58.3 Å². The van der Waals surface area contributed by atoms with Crippen LogP contribution >= 0.6 is 0 Å². The first-order valence-electron chi connectivity index (χ1n) is 6.63. The third-order valence-electron chi connectivity index (χ3n) is 2.83. The van der Waals surface area contributed by atoms with Gasteiger partial charge in [-0.2, -0.15) is 18.3 Å². The number of aryl methyl sites for hydroxylation is 1. The molecule has 110 valence electrons. The molecule has 0 fully saturated rings. The van der Waals surface area contributed by atoms with E-state index in [0.717, 1.165) is 18.8 Å². The Morgan fingerprint density at radius 3 is 2.68 bits per heavy atom. The van der Waals surface area contributed by atoms with Crippen LogP contribution in [0, 0.1) is 0 Å². The van der Waals surface area contributed by atoms with Crippen LogP contribution in [0.3, 0.4) is 0 Å². The van der Waals surface area contributed by atoms with Crippen molar-refractivity contribution in [2.75, 3.05) is 6.54 Å². The minimum absolute atomic E-state index is 0.0658. The number of hydrogen-bond donors (Lipinski definition) is 1. The minimum Gasteiger partial charge on any atom is -0.314 e. The van der Waals surface area contributed by atoms with E-state index >= 15 is 0 Å². The molecule has 7 heteroatoms. The number of likely N-dealkylation sites (N-methyl/N-ethyl adjacent to an activating group) is 1. The highest BCUT2D eigenvalue weighted by atomic mass is 19.4. The molecule has 0 aromatic carbocycles. The van der Waals surface area contributed by atoms with Crippen molar-refractivity contribution in [2.24, 2.45) is 0 Å². The molecule has 0 radical (unpaired) electrons. The Labute approximate surface area is 111 Å². The zero-order chi connectivity index (χ0) is 14.3. The summed E-state index contributed by atoms with van der Waals surface area (Å²) in [6, 6.07) is -0.216. The Balaban J connectivity index is 2.59. The summed E-state index contributed by atoms with van der Waals surface area (Å²) in [7, 11) is 0. The maximum Gasteiger partial charge on any atom is 0.389 e. The fourth-order valence-electron chi connectivity index (χ4n) is 1.97. The van der Waals surface area contributed by atoms with E-state index in [9.17, 15) is 13.2 Å². The third kappa shape index (κ3) is 6.04. The molecular weight excluding hydrogens is 257 g/mol. The van der Waals surface area contributed by atoms with Crippen molar-refractivity contribution in [3.05, 3.63) is 12.2 Å². The first-order chi connectivity index (χ1) is 8.96. The second-order valence-electron chi connectivity index (χ2n) is 4.51. The van der Waals surface area contributed by atoms with E-state index < -0.39 is 12.6 Å². The highest BCUT2D eigenvalue weighted by Crippen LogP contribution is 2.23. The zero-order valence-corrected chi connectivity index (χ0v) is 11.4. The van der Waals surface area contributed by atoms with Crippen LogP contribution in [0.15, 0.2) is 6.33 Å². The molecule has 1 aromatic rings. The maximum atomic E-state index is 12.3. The van der Waals surface area contributed by atoms with Gasteiger partial charge in [0.05, 0.1) is 0 Å². The SMILES string of the molecule is CCCn1ncnc1CC(CCC(F)(F)F)NCC. The number of hydrogen-bond acceptors (Lipinski definition) is 3. The van der Waals surface area contributed by atoms with Gasteiger partial charge < -0.3 is 5.32 Å². The lowest BCUT2D eigenvalue weighted by Gasteiger charge is -2.18. The summed E-state index contributed by atoms with van der Waals surface area (Å²) < 4.78 is 38.6. The normalized spacial score (nSPS) is 13.7. The van der Waals surface area contributed by atoms with E-state index in [1.54, 1.807) is 4.68 Å². The molecule has 0 saturated heterocycles. The molecule has 1 unspecified atom stereocenters. The molecule has 0 saturated carbocycles. The van der Waals surface area contributed by atoms with Crippen molar-refractivity contribution in [1.82, 2.24) is 20.1 Å². The number of nitrogens with zero attached hydrogens (tertiary/aromatic N) is 3. The lowest BCUT2D eigenvalue weighted by Crippen LogP contribution is -2.33. The molecule has 0 bridgehead atoms. The average Bonchev–Trinajstić information content (AvgIpc) is 2.73. The first-order valence-corrected chi connectivity index (χ1v) is 6.63. The van der Waals surface area contributed by atoms with Crippen LogP contribution in [0.2, 0.25) is 0 Å². The second-order valence-corrected chi connectivity index (χ2v) is 4.51. The summed E-state index contributed by atoms with van der Waals surface area (Å²) in [5.74, 6) is 0.745. The highest BCUT2D eigenvalue weighted by molar-refractivity contribution is 4.90. The van der Waals surface area contributed by atoms with E-state index in [4.69, 9.17) is 0 Å². The van der Waals surface area contributed by atoms with Gasteiger partial charge in [0.2, 0.25) is 0 Å². The minimum atomic E-state index is -4.11. The smallest absolute Gasteiger partial charge is 0.314 e. The molecule has 19 heavy (non-hydrogen) atoms. The van der Waals surface area contributed by atoms with Crippen LogP contribution in [0.25, 0.3) is 0 Å². The van der Waals surface area contributed by atoms with Crippen LogP contribution in [0.5, 0.6) is 0 Å². The predicted molar refractivity (Wildman–Crippen MR) is 66.8 cm³/mol. The fraction of sp³-hybridized carbons (Fsp3) is 0.833. The maximum absolute atomic E-state index is 12.3. The van der Waals surface area contributed by atoms with Gasteiger partial charge in [0.25, 0.3) is 0 Å². The molecule has 0 spiro atoms. The lowest BCUT2D eigenvalue weighted by molar-refractivity contribution is -0.136. The van der Waals surface area contributed by atoms with E-state index in [1.165, 1.54) is 6.33 Å². The quantitative estimate of drug-likeness (QED) is 0.794. The van der Waals surface area contributed by atoms with E-state index in [2.05, 4.69) is 15.4 Å². The zero-order valence-electron chi connectivity index (χ0n) is 11.4. The Morgan fingerprint density at radius 1 is 1.37 bits per heavy atom. The third-order valence-corrected chi connectivity index (χ3v) is 2.83. The van der Waals surface area contributed by atoms with Crippen molar-refractivity contribution in [3.8, 4) is 0 Å². The topological polar surface area (TPSA) is 42.7 Å². The predicted octanol–water partition coefficient (Wildman–Crippen LogP) is 2.55. The molecule has 1 N–H and O–H groups in total. The van der Waals surface area contributed by atoms with Crippen LogP contribution in [-0.2, 0) is 13.0 Å². The highest BCUT2D eigenvalue weighted by Gasteiger charge is 2.28. The first kappa shape index (κ1) is 15.9. The fourth-order valence-corrected chi connectivity index (χ4v) is 1.97. The molecular formula is C12H21F3N4. The summed E-state index contributed by atoms with van der Waals surface area (Å²) in [4.78, 5) is 4.13. The van der Waals surface area contributed by atoms with Gasteiger partial charge in [0.1, 0.15) is 12.2 Å². The van der Waals surface area contributed by atoms with Crippen molar-refractivity contribution in [3.63, 3.8) is 0 Å². The summed E-state index contributed by atoms with van der Waals surface area (Å²) in [6.45, 7) is 5.30. The van der Waals surface area contributed by atoms with Crippen LogP contribution in [0.1, 0.15) is 38.9 Å². The Morgan fingerprint density at radius 2 is 2.11 bits per heavy atom. The summed E-state index contributed by atoms with van der Waals surface area (Å²) in [6.07, 6.45) is -1.96. The number of aromatic nitrogens is 3. The van der Waals surface area contributed by atoms with E-state index in [0.29, 0.717) is 13.0 Å². The van der Waals surface area contributed by atoms with Gasteiger partial charge in [-0.25, -0.2) is 4.98 Å². The molecule has 1 atom stereocenters. The molecule has 0 aliphatic rings. The van der Waals surface area contributed by atoms with Gasteiger partial charge in [0, 0.05) is 25.4 Å². The summed E-state index contributed by atoms with van der Waals surface area (Å²) >= 11 is 0. The monoisotopic (exact) mass is 278 g/mol. The number of rotatable bonds is 8. The molecule has 1 aromatic heterocycles. The van der Waals surface area contributed by atoms with E-state index in [1.807, 2.05) is 13.8 Å². The van der Waals surface area contributed by atoms with Crippen molar-refractivity contribution < 1.29 is 13.2 Å². The Hall–Kier alpha value is -1.11. The van der Waals surface area contributed by atoms with Crippen LogP contribution < -0.4 is 5.32 Å². The van der Waals surface area contributed by atoms with Gasteiger partial charge in [-0.05, 0) is 19.4 Å². The second kappa shape index (κ2) is 7.47. The van der Waals surface area contributed by atoms with Gasteiger partial charge in [-0.3, -0.25) is 4.68 Å². The van der Waals surface area contributed by atoms with Crippen molar-refractivity contribution >= 4 is 0 Å².